The molecule has 4 nitrogen and oxygen atoms in total. The molecule has 4 heteroatoms. The number of methoxy groups -OCH3 is 2. The molecule has 0 aromatic heterocycles. The first kappa shape index (κ1) is 14.7. The Labute approximate surface area is 120 Å². The summed E-state index contributed by atoms with van der Waals surface area (Å²) in [6.45, 7) is 6.82. The van der Waals surface area contributed by atoms with Gasteiger partial charge in [0.15, 0.2) is 0 Å². The van der Waals surface area contributed by atoms with Crippen LogP contribution in [0.25, 0.3) is 0 Å². The lowest BCUT2D eigenvalue weighted by Crippen LogP contribution is -2.50. The molecule has 0 aliphatic carbocycles. The zero-order valence-corrected chi connectivity index (χ0v) is 12.9. The summed E-state index contributed by atoms with van der Waals surface area (Å²) in [4.78, 5) is 13.8. The number of ether oxygens (including phenoxy) is 2. The van der Waals surface area contributed by atoms with E-state index in [1.807, 2.05) is 12.1 Å². The van der Waals surface area contributed by atoms with E-state index in [9.17, 15) is 4.79 Å². The number of anilines is 1. The molecule has 1 heterocycles. The quantitative estimate of drug-likeness (QED) is 0.796. The van der Waals surface area contributed by atoms with Gasteiger partial charge in [0.25, 0.3) is 0 Å². The van der Waals surface area contributed by atoms with Gasteiger partial charge >= 0.3 is 5.97 Å². The molecule has 0 amide bonds. The second kappa shape index (κ2) is 5.35. The Hall–Kier alpha value is -1.71. The average molecular weight is 277 g/mol. The lowest BCUT2D eigenvalue weighted by molar-refractivity contribution is -0.139. The van der Waals surface area contributed by atoms with E-state index < -0.39 is 0 Å². The topological polar surface area (TPSA) is 38.8 Å². The molecule has 0 radical (unpaired) electrons. The van der Waals surface area contributed by atoms with Crippen LogP contribution in [0.2, 0.25) is 0 Å². The highest BCUT2D eigenvalue weighted by atomic mass is 16.5. The molecule has 0 fully saturated rings. The zero-order chi connectivity index (χ0) is 14.9. The van der Waals surface area contributed by atoms with Gasteiger partial charge in [-0.15, -0.1) is 0 Å². The Morgan fingerprint density at radius 3 is 2.70 bits per heavy atom. The van der Waals surface area contributed by atoms with E-state index in [2.05, 4.69) is 31.7 Å². The standard InChI is InChI=1S/C16H23NO3/c1-11-9-16(2,3)17(10-15(18)20-5)14-7-6-12(19-4)8-13(11)14/h6-8,11H,9-10H2,1-5H3. The number of carbonyl (C=O) groups is 1. The van der Waals surface area contributed by atoms with Gasteiger partial charge in [-0.3, -0.25) is 4.79 Å². The van der Waals surface area contributed by atoms with E-state index in [0.717, 1.165) is 17.9 Å². The van der Waals surface area contributed by atoms with Crippen molar-refractivity contribution in [2.45, 2.75) is 38.6 Å². The van der Waals surface area contributed by atoms with Gasteiger partial charge in [-0.2, -0.15) is 0 Å². The first-order chi connectivity index (χ1) is 9.39. The Balaban J connectivity index is 2.45. The Kier molecular flexibility index (Phi) is 3.93. The van der Waals surface area contributed by atoms with Crippen LogP contribution < -0.4 is 9.64 Å². The minimum atomic E-state index is -0.214. The van der Waals surface area contributed by atoms with Gasteiger partial charge in [-0.25, -0.2) is 0 Å². The van der Waals surface area contributed by atoms with Crippen molar-refractivity contribution in [2.75, 3.05) is 25.7 Å². The first-order valence-corrected chi connectivity index (χ1v) is 6.91. The van der Waals surface area contributed by atoms with E-state index in [1.165, 1.54) is 12.7 Å². The predicted molar refractivity (Wildman–Crippen MR) is 79.5 cm³/mol. The van der Waals surface area contributed by atoms with Crippen LogP contribution in [0, 0.1) is 0 Å². The highest BCUT2D eigenvalue weighted by molar-refractivity contribution is 5.77. The molecule has 20 heavy (non-hydrogen) atoms. The molecule has 1 aliphatic rings. The molecule has 2 rings (SSSR count). The van der Waals surface area contributed by atoms with Gasteiger partial charge in [0.1, 0.15) is 12.3 Å². The van der Waals surface area contributed by atoms with Crippen LogP contribution >= 0.6 is 0 Å². The van der Waals surface area contributed by atoms with Gasteiger partial charge < -0.3 is 14.4 Å². The number of hydrogen-bond donors (Lipinski definition) is 0. The highest BCUT2D eigenvalue weighted by Gasteiger charge is 2.37. The number of hydrogen-bond acceptors (Lipinski definition) is 4. The molecular weight excluding hydrogens is 254 g/mol. The summed E-state index contributed by atoms with van der Waals surface area (Å²) in [6.07, 6.45) is 0.990. The van der Waals surface area contributed by atoms with E-state index in [-0.39, 0.29) is 18.1 Å². The summed E-state index contributed by atoms with van der Waals surface area (Å²) >= 11 is 0. The third-order valence-corrected chi connectivity index (χ3v) is 4.11. The fraction of sp³-hybridized carbons (Fsp3) is 0.562. The van der Waals surface area contributed by atoms with Crippen LogP contribution in [0.1, 0.15) is 38.7 Å². The first-order valence-electron chi connectivity index (χ1n) is 6.91. The molecule has 110 valence electrons. The van der Waals surface area contributed by atoms with Gasteiger partial charge in [0, 0.05) is 11.2 Å². The molecule has 0 spiro atoms. The molecule has 0 N–H and O–H groups in total. The fourth-order valence-corrected chi connectivity index (χ4v) is 3.09. The van der Waals surface area contributed by atoms with Crippen molar-refractivity contribution >= 4 is 11.7 Å². The number of nitrogens with zero attached hydrogens (tertiary/aromatic N) is 1. The van der Waals surface area contributed by atoms with Crippen molar-refractivity contribution < 1.29 is 14.3 Å². The zero-order valence-electron chi connectivity index (χ0n) is 12.9. The van der Waals surface area contributed by atoms with Crippen molar-refractivity contribution in [2.24, 2.45) is 0 Å². The molecule has 1 aromatic rings. The van der Waals surface area contributed by atoms with Crippen molar-refractivity contribution in [3.63, 3.8) is 0 Å². The Morgan fingerprint density at radius 1 is 1.40 bits per heavy atom. The molecule has 0 saturated carbocycles. The van der Waals surface area contributed by atoms with E-state index in [0.29, 0.717) is 5.92 Å². The molecule has 1 atom stereocenters. The maximum Gasteiger partial charge on any atom is 0.325 e. The number of carbonyl (C=O) groups excluding carboxylic acids is 1. The van der Waals surface area contributed by atoms with Crippen LogP contribution in [0.15, 0.2) is 18.2 Å². The second-order valence-electron chi connectivity index (χ2n) is 6.00. The van der Waals surface area contributed by atoms with Crippen molar-refractivity contribution in [1.29, 1.82) is 0 Å². The van der Waals surface area contributed by atoms with Crippen LogP contribution in [-0.4, -0.2) is 32.3 Å². The van der Waals surface area contributed by atoms with E-state index in [4.69, 9.17) is 9.47 Å². The molecule has 1 aliphatic heterocycles. The van der Waals surface area contributed by atoms with E-state index in [1.54, 1.807) is 7.11 Å². The van der Waals surface area contributed by atoms with E-state index >= 15 is 0 Å². The largest absolute Gasteiger partial charge is 0.497 e. The van der Waals surface area contributed by atoms with Gasteiger partial charge in [0.05, 0.1) is 14.2 Å². The number of esters is 1. The summed E-state index contributed by atoms with van der Waals surface area (Å²) in [7, 11) is 3.10. The van der Waals surface area contributed by atoms with Crippen LogP contribution in [0.5, 0.6) is 5.75 Å². The van der Waals surface area contributed by atoms with Gasteiger partial charge in [-0.1, -0.05) is 6.92 Å². The summed E-state index contributed by atoms with van der Waals surface area (Å²) in [5.74, 6) is 1.08. The summed E-state index contributed by atoms with van der Waals surface area (Å²) in [5, 5.41) is 0. The fourth-order valence-electron chi connectivity index (χ4n) is 3.09. The third-order valence-electron chi connectivity index (χ3n) is 4.11. The molecule has 0 saturated heterocycles. The second-order valence-corrected chi connectivity index (χ2v) is 6.00. The van der Waals surface area contributed by atoms with Crippen molar-refractivity contribution in [3.8, 4) is 5.75 Å². The lowest BCUT2D eigenvalue weighted by Gasteiger charge is -2.47. The Morgan fingerprint density at radius 2 is 2.10 bits per heavy atom. The highest BCUT2D eigenvalue weighted by Crippen LogP contribution is 2.44. The summed E-state index contributed by atoms with van der Waals surface area (Å²) < 4.78 is 10.1. The summed E-state index contributed by atoms with van der Waals surface area (Å²) in [5.41, 5.74) is 2.25. The number of fused-ring (bicyclic) bond motifs is 1. The minimum Gasteiger partial charge on any atom is -0.497 e. The molecule has 0 bridgehead atoms. The number of benzene rings is 1. The molecule has 1 aromatic carbocycles. The maximum atomic E-state index is 11.7. The van der Waals surface area contributed by atoms with Gasteiger partial charge in [0.2, 0.25) is 0 Å². The normalized spacial score (nSPS) is 20.2. The van der Waals surface area contributed by atoms with Crippen molar-refractivity contribution in [1.82, 2.24) is 0 Å². The van der Waals surface area contributed by atoms with Gasteiger partial charge in [-0.05, 0) is 49.9 Å². The monoisotopic (exact) mass is 277 g/mol. The van der Waals surface area contributed by atoms with Crippen molar-refractivity contribution in [3.05, 3.63) is 23.8 Å². The molecular formula is C16H23NO3. The van der Waals surface area contributed by atoms with Crippen LogP contribution in [0.4, 0.5) is 5.69 Å². The smallest absolute Gasteiger partial charge is 0.325 e. The molecule has 1 unspecified atom stereocenters. The SMILES string of the molecule is COC(=O)CN1c2ccc(OC)cc2C(C)CC1(C)C. The van der Waals surface area contributed by atoms with Crippen LogP contribution in [-0.2, 0) is 9.53 Å². The average Bonchev–Trinajstić information content (AvgIpc) is 2.42. The lowest BCUT2D eigenvalue weighted by atomic mass is 9.80. The Bertz CT molecular complexity index is 510. The summed E-state index contributed by atoms with van der Waals surface area (Å²) in [6, 6.07) is 6.05. The number of rotatable bonds is 3. The maximum absolute atomic E-state index is 11.7. The predicted octanol–water partition coefficient (Wildman–Crippen LogP) is 2.96. The van der Waals surface area contributed by atoms with Crippen LogP contribution in [0.3, 0.4) is 0 Å². The third kappa shape index (κ3) is 2.60. The minimum absolute atomic E-state index is 0.0742.